The summed E-state index contributed by atoms with van der Waals surface area (Å²) in [7, 11) is 0. The van der Waals surface area contributed by atoms with Gasteiger partial charge >= 0.3 is 0 Å². The Bertz CT molecular complexity index is 618. The summed E-state index contributed by atoms with van der Waals surface area (Å²) < 4.78 is 14.7. The van der Waals surface area contributed by atoms with Gasteiger partial charge in [0.25, 0.3) is 0 Å². The maximum Gasteiger partial charge on any atom is 0.142 e. The molecule has 2 rings (SSSR count). The normalized spacial score (nSPS) is 12.4. The number of hydrazine groups is 1. The second-order valence-corrected chi connectivity index (χ2v) is 5.34. The van der Waals surface area contributed by atoms with E-state index in [2.05, 4.69) is 31.6 Å². The van der Waals surface area contributed by atoms with Crippen LogP contribution < -0.4 is 11.3 Å². The van der Waals surface area contributed by atoms with E-state index in [0.29, 0.717) is 16.5 Å². The molecule has 0 radical (unpaired) electrons. The quantitative estimate of drug-likeness (QED) is 0.664. The van der Waals surface area contributed by atoms with E-state index in [1.54, 1.807) is 18.2 Å². The van der Waals surface area contributed by atoms with E-state index in [0.717, 1.165) is 17.0 Å². The Labute approximate surface area is 125 Å². The minimum atomic E-state index is -0.461. The fourth-order valence-electron chi connectivity index (χ4n) is 2.15. The van der Waals surface area contributed by atoms with Crippen LogP contribution in [0, 0.1) is 12.7 Å². The molecule has 0 saturated heterocycles. The molecule has 0 aliphatic heterocycles. The molecule has 1 aromatic heterocycles. The first-order valence-electron chi connectivity index (χ1n) is 6.31. The molecule has 1 unspecified atom stereocenters. The van der Waals surface area contributed by atoms with Crippen molar-refractivity contribution in [3.05, 3.63) is 57.1 Å². The van der Waals surface area contributed by atoms with E-state index < -0.39 is 6.04 Å². The van der Waals surface area contributed by atoms with Gasteiger partial charge in [-0.05, 0) is 41.4 Å². The van der Waals surface area contributed by atoms with Crippen LogP contribution in [-0.2, 0) is 6.42 Å². The van der Waals surface area contributed by atoms with Crippen LogP contribution in [0.25, 0.3) is 0 Å². The van der Waals surface area contributed by atoms with Crippen molar-refractivity contribution in [3.63, 3.8) is 0 Å². The third-order valence-electron chi connectivity index (χ3n) is 3.13. The van der Waals surface area contributed by atoms with Gasteiger partial charge < -0.3 is 0 Å². The standard InChI is InChI=1S/C14H16BrFN4/c1-3-12-10(7-8(2)19-20-12)14(18-17)9-5-4-6-11(15)13(9)16/h4-7,14,18H,3,17H2,1-2H3. The number of aryl methyl sites for hydroxylation is 2. The number of nitrogens with two attached hydrogens (primary N) is 1. The molecule has 1 aromatic carbocycles. The second kappa shape index (κ2) is 6.39. The topological polar surface area (TPSA) is 63.8 Å². The lowest BCUT2D eigenvalue weighted by Gasteiger charge is -2.20. The first kappa shape index (κ1) is 15.0. The summed E-state index contributed by atoms with van der Waals surface area (Å²) in [5, 5.41) is 8.20. The van der Waals surface area contributed by atoms with Crippen molar-refractivity contribution in [1.29, 1.82) is 0 Å². The van der Waals surface area contributed by atoms with Crippen LogP contribution in [0.3, 0.4) is 0 Å². The third kappa shape index (κ3) is 2.87. The lowest BCUT2D eigenvalue weighted by Crippen LogP contribution is -2.30. The first-order valence-corrected chi connectivity index (χ1v) is 7.10. The van der Waals surface area contributed by atoms with Gasteiger partial charge in [-0.25, -0.2) is 9.82 Å². The fraction of sp³-hybridized carbons (Fsp3) is 0.286. The number of hydrogen-bond donors (Lipinski definition) is 2. The van der Waals surface area contributed by atoms with Crippen molar-refractivity contribution in [3.8, 4) is 0 Å². The van der Waals surface area contributed by atoms with E-state index in [1.807, 2.05) is 19.9 Å². The molecule has 0 aliphatic carbocycles. The minimum Gasteiger partial charge on any atom is -0.271 e. The Morgan fingerprint density at radius 3 is 2.75 bits per heavy atom. The number of benzene rings is 1. The van der Waals surface area contributed by atoms with Gasteiger partial charge in [0.15, 0.2) is 0 Å². The number of halogens is 2. The molecule has 20 heavy (non-hydrogen) atoms. The number of hydrogen-bond acceptors (Lipinski definition) is 4. The lowest BCUT2D eigenvalue weighted by atomic mass is 9.96. The van der Waals surface area contributed by atoms with Gasteiger partial charge in [-0.1, -0.05) is 19.1 Å². The molecule has 106 valence electrons. The zero-order chi connectivity index (χ0) is 14.7. The molecule has 1 atom stereocenters. The maximum absolute atomic E-state index is 14.3. The van der Waals surface area contributed by atoms with Crippen LogP contribution in [0.15, 0.2) is 28.7 Å². The number of nitrogens with zero attached hydrogens (tertiary/aromatic N) is 2. The Balaban J connectivity index is 2.58. The zero-order valence-electron chi connectivity index (χ0n) is 11.3. The average Bonchev–Trinajstić information content (AvgIpc) is 2.44. The Morgan fingerprint density at radius 1 is 1.35 bits per heavy atom. The SMILES string of the molecule is CCc1nnc(C)cc1C(NN)c1cccc(Br)c1F. The Kier molecular flexibility index (Phi) is 4.80. The molecule has 3 N–H and O–H groups in total. The second-order valence-electron chi connectivity index (χ2n) is 4.48. The highest BCUT2D eigenvalue weighted by Gasteiger charge is 2.21. The fourth-order valence-corrected chi connectivity index (χ4v) is 2.53. The van der Waals surface area contributed by atoms with Crippen molar-refractivity contribution in [2.24, 2.45) is 5.84 Å². The van der Waals surface area contributed by atoms with E-state index in [1.165, 1.54) is 0 Å². The van der Waals surface area contributed by atoms with E-state index >= 15 is 0 Å². The summed E-state index contributed by atoms with van der Waals surface area (Å²) >= 11 is 3.19. The highest BCUT2D eigenvalue weighted by molar-refractivity contribution is 9.10. The zero-order valence-corrected chi connectivity index (χ0v) is 12.9. The molecule has 0 bridgehead atoms. The van der Waals surface area contributed by atoms with Crippen LogP contribution in [0.5, 0.6) is 0 Å². The molecule has 0 saturated carbocycles. The summed E-state index contributed by atoms with van der Waals surface area (Å²) in [6, 6.07) is 6.57. The van der Waals surface area contributed by atoms with Gasteiger partial charge in [0.2, 0.25) is 0 Å². The molecule has 0 spiro atoms. The number of aromatic nitrogens is 2. The molecule has 0 amide bonds. The molecular formula is C14H16BrFN4. The molecule has 2 aromatic rings. The van der Waals surface area contributed by atoms with Crippen molar-refractivity contribution >= 4 is 15.9 Å². The van der Waals surface area contributed by atoms with Gasteiger partial charge in [0, 0.05) is 11.1 Å². The minimum absolute atomic E-state index is 0.327. The number of rotatable bonds is 4. The van der Waals surface area contributed by atoms with Crippen LogP contribution in [0.2, 0.25) is 0 Å². The largest absolute Gasteiger partial charge is 0.271 e. The predicted octanol–water partition coefficient (Wildman–Crippen LogP) is 2.80. The molecule has 4 nitrogen and oxygen atoms in total. The van der Waals surface area contributed by atoms with Gasteiger partial charge in [0.05, 0.1) is 21.9 Å². The highest BCUT2D eigenvalue weighted by atomic mass is 79.9. The summed E-state index contributed by atoms with van der Waals surface area (Å²) in [6.45, 7) is 3.83. The van der Waals surface area contributed by atoms with Crippen molar-refractivity contribution < 1.29 is 4.39 Å². The molecule has 1 heterocycles. The van der Waals surface area contributed by atoms with Crippen LogP contribution >= 0.6 is 15.9 Å². The average molecular weight is 339 g/mol. The lowest BCUT2D eigenvalue weighted by molar-refractivity contribution is 0.551. The Hall–Kier alpha value is -1.37. The molecule has 0 aliphatic rings. The predicted molar refractivity (Wildman–Crippen MR) is 79.4 cm³/mol. The van der Waals surface area contributed by atoms with Crippen molar-refractivity contribution in [1.82, 2.24) is 15.6 Å². The summed E-state index contributed by atoms with van der Waals surface area (Å²) in [5.74, 6) is 5.32. The Morgan fingerprint density at radius 2 is 2.10 bits per heavy atom. The van der Waals surface area contributed by atoms with Gasteiger partial charge in [0.1, 0.15) is 5.82 Å². The van der Waals surface area contributed by atoms with Crippen LogP contribution in [0.1, 0.15) is 35.5 Å². The summed E-state index contributed by atoms with van der Waals surface area (Å²) in [4.78, 5) is 0. The monoisotopic (exact) mass is 338 g/mol. The van der Waals surface area contributed by atoms with Crippen LogP contribution in [0.4, 0.5) is 4.39 Å². The maximum atomic E-state index is 14.3. The number of nitrogens with one attached hydrogen (secondary N) is 1. The molecular weight excluding hydrogens is 323 g/mol. The van der Waals surface area contributed by atoms with Gasteiger partial charge in [-0.3, -0.25) is 5.84 Å². The first-order chi connectivity index (χ1) is 9.58. The molecule has 0 fully saturated rings. The van der Waals surface area contributed by atoms with E-state index in [-0.39, 0.29) is 5.82 Å². The third-order valence-corrected chi connectivity index (χ3v) is 3.74. The van der Waals surface area contributed by atoms with E-state index in [9.17, 15) is 4.39 Å². The highest BCUT2D eigenvalue weighted by Crippen LogP contribution is 2.29. The van der Waals surface area contributed by atoms with Gasteiger partial charge in [-0.15, -0.1) is 0 Å². The summed E-state index contributed by atoms with van der Waals surface area (Å²) in [6.07, 6.45) is 0.705. The smallest absolute Gasteiger partial charge is 0.142 e. The van der Waals surface area contributed by atoms with Gasteiger partial charge in [-0.2, -0.15) is 10.2 Å². The van der Waals surface area contributed by atoms with Crippen molar-refractivity contribution in [2.75, 3.05) is 0 Å². The molecule has 6 heteroatoms. The van der Waals surface area contributed by atoms with E-state index in [4.69, 9.17) is 5.84 Å². The van der Waals surface area contributed by atoms with Crippen LogP contribution in [-0.4, -0.2) is 10.2 Å². The summed E-state index contributed by atoms with van der Waals surface area (Å²) in [5.41, 5.74) is 5.57. The van der Waals surface area contributed by atoms with Crippen molar-refractivity contribution in [2.45, 2.75) is 26.3 Å².